The van der Waals surface area contributed by atoms with Crippen molar-refractivity contribution in [2.24, 2.45) is 10.2 Å². The van der Waals surface area contributed by atoms with Gasteiger partial charge in [0.25, 0.3) is 5.69 Å². The number of ether oxygens (including phenoxy) is 1. The Bertz CT molecular complexity index is 943. The number of benzene rings is 2. The van der Waals surface area contributed by atoms with Crippen molar-refractivity contribution < 1.29 is 18.1 Å². The Morgan fingerprint density at radius 2 is 1.93 bits per heavy atom. The quantitative estimate of drug-likeness (QED) is 0.269. The van der Waals surface area contributed by atoms with E-state index in [0.717, 1.165) is 36.6 Å². The molecule has 0 spiro atoms. The van der Waals surface area contributed by atoms with Crippen molar-refractivity contribution in [1.82, 2.24) is 0 Å². The monoisotopic (exact) mass is 406 g/mol. The zero-order chi connectivity index (χ0) is 20.6. The van der Waals surface area contributed by atoms with E-state index in [1.165, 1.54) is 18.3 Å². The van der Waals surface area contributed by atoms with E-state index < -0.39 is 20.6 Å². The molecule has 0 amide bonds. The molecule has 0 heterocycles. The first-order valence-electron chi connectivity index (χ1n) is 8.64. The Labute approximate surface area is 163 Å². The van der Waals surface area contributed by atoms with Gasteiger partial charge in [-0.3, -0.25) is 15.5 Å². The summed E-state index contributed by atoms with van der Waals surface area (Å²) < 4.78 is 28.3. The van der Waals surface area contributed by atoms with Crippen molar-refractivity contribution >= 4 is 27.6 Å². The van der Waals surface area contributed by atoms with Gasteiger partial charge in [0.1, 0.15) is 11.4 Å². The highest BCUT2D eigenvalue weighted by Crippen LogP contribution is 2.27. The summed E-state index contributed by atoms with van der Waals surface area (Å²) in [4.78, 5) is 10.1. The first-order valence-corrected chi connectivity index (χ1v) is 10.2. The smallest absolute Gasteiger partial charge is 0.295 e. The summed E-state index contributed by atoms with van der Waals surface area (Å²) in [5.74, 6) is 0.760. The summed E-state index contributed by atoms with van der Waals surface area (Å²) >= 11 is 0. The predicted octanol–water partition coefficient (Wildman–Crippen LogP) is 3.26. The van der Waals surface area contributed by atoms with Crippen LogP contribution in [0.15, 0.2) is 52.5 Å². The first kappa shape index (κ1) is 21.3. The van der Waals surface area contributed by atoms with Crippen LogP contribution < -0.4 is 15.3 Å². The summed E-state index contributed by atoms with van der Waals surface area (Å²) in [5, 5.41) is 20.1. The maximum Gasteiger partial charge on any atom is 0.295 e. The van der Waals surface area contributed by atoms with Crippen LogP contribution in [0.3, 0.4) is 0 Å². The van der Waals surface area contributed by atoms with Gasteiger partial charge in [-0.25, -0.2) is 13.6 Å². The zero-order valence-electron chi connectivity index (χ0n) is 15.4. The fraction of sp³-hybridized carbons (Fsp3) is 0.278. The molecule has 0 bridgehead atoms. The molecule has 28 heavy (non-hydrogen) atoms. The lowest BCUT2D eigenvalue weighted by atomic mass is 10.2. The van der Waals surface area contributed by atoms with Gasteiger partial charge < -0.3 is 4.74 Å². The van der Waals surface area contributed by atoms with Gasteiger partial charge in [0.15, 0.2) is 0 Å². The van der Waals surface area contributed by atoms with Crippen LogP contribution in [0.25, 0.3) is 0 Å². The van der Waals surface area contributed by atoms with Crippen LogP contribution in [0.5, 0.6) is 5.75 Å². The van der Waals surface area contributed by atoms with Gasteiger partial charge in [-0.15, -0.1) is 0 Å². The molecule has 9 nitrogen and oxygen atoms in total. The number of anilines is 1. The second kappa shape index (κ2) is 9.81. The van der Waals surface area contributed by atoms with Crippen molar-refractivity contribution in [3.63, 3.8) is 0 Å². The summed E-state index contributed by atoms with van der Waals surface area (Å²) in [6.07, 6.45) is 4.75. The SMILES string of the molecule is CCCCCOc1ccc(/C=N/Nc2ccc(S(N)(=O)=O)cc2[N+](=O)[O-])cc1. The Morgan fingerprint density at radius 1 is 1.21 bits per heavy atom. The summed E-state index contributed by atoms with van der Waals surface area (Å²) in [5.41, 5.74) is 2.91. The number of hydrazone groups is 1. The van der Waals surface area contributed by atoms with E-state index in [1.54, 1.807) is 12.1 Å². The molecule has 10 heteroatoms. The Balaban J connectivity index is 2.03. The highest BCUT2D eigenvalue weighted by atomic mass is 32.2. The molecule has 3 N–H and O–H groups in total. The van der Waals surface area contributed by atoms with Gasteiger partial charge in [-0.05, 0) is 48.4 Å². The first-order chi connectivity index (χ1) is 13.3. The van der Waals surface area contributed by atoms with Crippen LogP contribution in [0.1, 0.15) is 31.7 Å². The third kappa shape index (κ3) is 6.32. The van der Waals surface area contributed by atoms with Gasteiger partial charge in [0, 0.05) is 6.07 Å². The molecule has 0 aliphatic heterocycles. The number of rotatable bonds is 10. The Hall–Kier alpha value is -2.98. The number of sulfonamides is 1. The highest BCUT2D eigenvalue weighted by Gasteiger charge is 2.18. The molecular formula is C18H22N4O5S. The van der Waals surface area contributed by atoms with Gasteiger partial charge in [-0.2, -0.15) is 5.10 Å². The van der Waals surface area contributed by atoms with Crippen LogP contribution in [-0.2, 0) is 10.0 Å². The summed E-state index contributed by atoms with van der Waals surface area (Å²) in [6.45, 7) is 2.80. The number of nitro groups is 1. The molecule has 0 fully saturated rings. The van der Waals surface area contributed by atoms with E-state index >= 15 is 0 Å². The number of nitrogens with zero attached hydrogens (tertiary/aromatic N) is 2. The van der Waals surface area contributed by atoms with Crippen LogP contribution in [0, 0.1) is 10.1 Å². The van der Waals surface area contributed by atoms with E-state index in [4.69, 9.17) is 9.88 Å². The van der Waals surface area contributed by atoms with Gasteiger partial charge in [0.2, 0.25) is 10.0 Å². The number of primary sulfonamides is 1. The maximum atomic E-state index is 11.3. The average Bonchev–Trinajstić information content (AvgIpc) is 2.65. The average molecular weight is 406 g/mol. The van der Waals surface area contributed by atoms with Crippen LogP contribution in [0.4, 0.5) is 11.4 Å². The number of hydrogen-bond acceptors (Lipinski definition) is 7. The number of nitrogens with two attached hydrogens (primary N) is 1. The fourth-order valence-corrected chi connectivity index (χ4v) is 2.84. The third-order valence-electron chi connectivity index (χ3n) is 3.79. The molecule has 0 atom stereocenters. The Morgan fingerprint density at radius 3 is 2.54 bits per heavy atom. The lowest BCUT2D eigenvalue weighted by Gasteiger charge is -2.06. The molecule has 0 saturated heterocycles. The number of unbranched alkanes of at least 4 members (excludes halogenated alkanes) is 2. The lowest BCUT2D eigenvalue weighted by molar-refractivity contribution is -0.384. The molecule has 2 rings (SSSR count). The minimum atomic E-state index is -4.04. The second-order valence-corrected chi connectivity index (χ2v) is 7.54. The van der Waals surface area contributed by atoms with Crippen LogP contribution >= 0.6 is 0 Å². The molecule has 0 aliphatic rings. The predicted molar refractivity (Wildman–Crippen MR) is 107 cm³/mol. The Kier molecular flexibility index (Phi) is 7.47. The van der Waals surface area contributed by atoms with Crippen molar-refractivity contribution in [1.29, 1.82) is 0 Å². The minimum Gasteiger partial charge on any atom is -0.494 e. The number of nitro benzene ring substituents is 1. The zero-order valence-corrected chi connectivity index (χ0v) is 16.2. The maximum absolute atomic E-state index is 11.3. The van der Waals surface area contributed by atoms with E-state index in [2.05, 4.69) is 17.5 Å². The molecule has 0 unspecified atom stereocenters. The summed E-state index contributed by atoms with van der Waals surface area (Å²) in [6, 6.07) is 10.5. The van der Waals surface area contributed by atoms with E-state index in [1.807, 2.05) is 12.1 Å². The van der Waals surface area contributed by atoms with Crippen molar-refractivity contribution in [2.45, 2.75) is 31.1 Å². The molecule has 0 aromatic heterocycles. The van der Waals surface area contributed by atoms with E-state index in [0.29, 0.717) is 6.61 Å². The van der Waals surface area contributed by atoms with Gasteiger partial charge >= 0.3 is 0 Å². The number of nitrogens with one attached hydrogen (secondary N) is 1. The molecule has 0 aliphatic carbocycles. The third-order valence-corrected chi connectivity index (χ3v) is 4.70. The van der Waals surface area contributed by atoms with Crippen LogP contribution in [-0.4, -0.2) is 26.2 Å². The van der Waals surface area contributed by atoms with Crippen molar-refractivity contribution in [2.75, 3.05) is 12.0 Å². The largest absolute Gasteiger partial charge is 0.494 e. The topological polar surface area (TPSA) is 137 Å². The minimum absolute atomic E-state index is 0.0459. The molecule has 0 radical (unpaired) electrons. The normalized spacial score (nSPS) is 11.5. The lowest BCUT2D eigenvalue weighted by Crippen LogP contribution is -2.12. The fourth-order valence-electron chi connectivity index (χ4n) is 2.30. The molecular weight excluding hydrogens is 384 g/mol. The van der Waals surface area contributed by atoms with Crippen molar-refractivity contribution in [3.05, 3.63) is 58.1 Å². The highest BCUT2D eigenvalue weighted by molar-refractivity contribution is 7.89. The van der Waals surface area contributed by atoms with Gasteiger partial charge in [-0.1, -0.05) is 19.8 Å². The van der Waals surface area contributed by atoms with Gasteiger partial charge in [0.05, 0.1) is 22.6 Å². The second-order valence-electron chi connectivity index (χ2n) is 5.98. The van der Waals surface area contributed by atoms with Crippen LogP contribution in [0.2, 0.25) is 0 Å². The molecule has 150 valence electrons. The van der Waals surface area contributed by atoms with Crippen molar-refractivity contribution in [3.8, 4) is 5.75 Å². The number of hydrogen-bond donors (Lipinski definition) is 2. The molecule has 2 aromatic rings. The standard InChI is InChI=1S/C18H22N4O5S/c1-2-3-4-11-27-15-7-5-14(6-8-15)13-20-21-17-10-9-16(28(19,25)26)12-18(17)22(23)24/h5-10,12-13,21H,2-4,11H2,1H3,(H2,19,25,26)/b20-13+. The van der Waals surface area contributed by atoms with E-state index in [-0.39, 0.29) is 10.6 Å². The summed E-state index contributed by atoms with van der Waals surface area (Å²) in [7, 11) is -4.04. The molecule has 2 aromatic carbocycles. The van der Waals surface area contributed by atoms with E-state index in [9.17, 15) is 18.5 Å². The molecule has 0 saturated carbocycles.